The Morgan fingerprint density at radius 3 is 2.74 bits per heavy atom. The molecule has 0 radical (unpaired) electrons. The summed E-state index contributed by atoms with van der Waals surface area (Å²) in [6, 6.07) is 7.41. The van der Waals surface area contributed by atoms with Crippen molar-refractivity contribution in [1.82, 2.24) is 9.88 Å². The molecule has 2 aromatic rings. The maximum absolute atomic E-state index is 13.0. The Bertz CT molecular complexity index is 679. The molecule has 6 heteroatoms. The number of fused-ring (bicyclic) bond motifs is 1. The van der Waals surface area contributed by atoms with Crippen LogP contribution in [0, 0.1) is 0 Å². The van der Waals surface area contributed by atoms with Crippen LogP contribution in [0.1, 0.15) is 25.8 Å². The zero-order valence-corrected chi connectivity index (χ0v) is 14.3. The molecule has 1 aliphatic rings. The molecule has 1 aliphatic heterocycles. The molecule has 3 rings (SSSR count). The minimum Gasteiger partial charge on any atom is -0.485 e. The summed E-state index contributed by atoms with van der Waals surface area (Å²) in [5.74, 6) is 1.21. The maximum Gasteiger partial charge on any atom is 0.268 e. The average Bonchev–Trinajstić information content (AvgIpc) is 3.03. The Hall–Kier alpha value is -2.08. The van der Waals surface area contributed by atoms with Gasteiger partial charge in [0.2, 0.25) is 6.10 Å². The largest absolute Gasteiger partial charge is 0.485 e. The van der Waals surface area contributed by atoms with Crippen molar-refractivity contribution in [2.45, 2.75) is 39.0 Å². The molecule has 5 nitrogen and oxygen atoms in total. The monoisotopic (exact) mass is 332 g/mol. The van der Waals surface area contributed by atoms with E-state index >= 15 is 0 Å². The zero-order valence-electron chi connectivity index (χ0n) is 13.5. The number of hydrogen-bond acceptors (Lipinski definition) is 5. The van der Waals surface area contributed by atoms with Gasteiger partial charge in [-0.1, -0.05) is 12.1 Å². The number of hydrogen-bond donors (Lipinski definition) is 0. The summed E-state index contributed by atoms with van der Waals surface area (Å²) < 4.78 is 11.5. The van der Waals surface area contributed by atoms with Crippen molar-refractivity contribution < 1.29 is 14.3 Å². The predicted octanol–water partition coefficient (Wildman–Crippen LogP) is 3.11. The van der Waals surface area contributed by atoms with Crippen LogP contribution in [0.3, 0.4) is 0 Å². The summed E-state index contributed by atoms with van der Waals surface area (Å²) in [5, 5.41) is 2.82. The Labute approximate surface area is 139 Å². The molecule has 1 atom stereocenters. The molecule has 1 amide bonds. The van der Waals surface area contributed by atoms with Gasteiger partial charge >= 0.3 is 0 Å². The number of carbonyl (C=O) groups excluding carboxylic acids is 1. The van der Waals surface area contributed by atoms with Crippen molar-refractivity contribution in [2.75, 3.05) is 6.61 Å². The van der Waals surface area contributed by atoms with E-state index in [2.05, 4.69) is 4.98 Å². The number of thiazole rings is 1. The van der Waals surface area contributed by atoms with Crippen LogP contribution in [0.4, 0.5) is 0 Å². The van der Waals surface area contributed by atoms with Crippen LogP contribution < -0.4 is 9.47 Å². The van der Waals surface area contributed by atoms with Crippen molar-refractivity contribution in [1.29, 1.82) is 0 Å². The molecule has 0 saturated carbocycles. The molecule has 0 spiro atoms. The van der Waals surface area contributed by atoms with E-state index in [1.54, 1.807) is 22.4 Å². The summed E-state index contributed by atoms with van der Waals surface area (Å²) in [6.07, 6.45) is 1.12. The van der Waals surface area contributed by atoms with Gasteiger partial charge in [0.05, 0.1) is 6.54 Å². The van der Waals surface area contributed by atoms with Gasteiger partial charge in [0.1, 0.15) is 11.6 Å². The highest BCUT2D eigenvalue weighted by Gasteiger charge is 2.36. The molecule has 23 heavy (non-hydrogen) atoms. The van der Waals surface area contributed by atoms with E-state index < -0.39 is 6.10 Å². The quantitative estimate of drug-likeness (QED) is 0.866. The zero-order chi connectivity index (χ0) is 16.4. The third-order valence-electron chi connectivity index (χ3n) is 3.64. The van der Waals surface area contributed by atoms with Crippen LogP contribution >= 0.6 is 11.3 Å². The number of nitrogens with zero attached hydrogens (tertiary/aromatic N) is 2. The lowest BCUT2D eigenvalue weighted by Crippen LogP contribution is -2.53. The van der Waals surface area contributed by atoms with E-state index in [0.29, 0.717) is 18.0 Å². The van der Waals surface area contributed by atoms with Crippen LogP contribution in [-0.2, 0) is 11.3 Å². The number of para-hydroxylation sites is 2. The van der Waals surface area contributed by atoms with Crippen molar-refractivity contribution in [3.05, 3.63) is 40.8 Å². The van der Waals surface area contributed by atoms with Crippen LogP contribution in [0.2, 0.25) is 0 Å². The maximum atomic E-state index is 13.0. The first kappa shape index (κ1) is 15.8. The third-order valence-corrected chi connectivity index (χ3v) is 4.40. The van der Waals surface area contributed by atoms with Gasteiger partial charge in [-0.05, 0) is 32.9 Å². The minimum absolute atomic E-state index is 0.0813. The molecule has 0 fully saturated rings. The fraction of sp³-hybridized carbons (Fsp3) is 0.412. The van der Waals surface area contributed by atoms with E-state index in [4.69, 9.17) is 9.47 Å². The Kier molecular flexibility index (Phi) is 4.26. The van der Waals surface area contributed by atoms with Crippen LogP contribution in [0.25, 0.3) is 0 Å². The number of ether oxygens (including phenoxy) is 2. The number of rotatable bonds is 3. The number of benzene rings is 1. The topological polar surface area (TPSA) is 51.7 Å². The first-order valence-electron chi connectivity index (χ1n) is 7.53. The van der Waals surface area contributed by atoms with E-state index in [1.165, 1.54) is 0 Å². The van der Waals surface area contributed by atoms with E-state index in [9.17, 15) is 4.79 Å². The second-order valence-corrected chi connectivity index (χ2v) is 7.36. The normalized spacial score (nSPS) is 16.9. The van der Waals surface area contributed by atoms with Crippen molar-refractivity contribution >= 4 is 17.2 Å². The van der Waals surface area contributed by atoms with Gasteiger partial charge in [-0.15, -0.1) is 11.3 Å². The Balaban J connectivity index is 1.79. The SMILES string of the molecule is CC(C)(C)N(Cc1nccs1)C(=O)[C@@H]1COc2ccccc2O1. The molecule has 2 heterocycles. The van der Waals surface area contributed by atoms with E-state index in [1.807, 2.05) is 50.4 Å². The minimum atomic E-state index is -0.635. The fourth-order valence-electron chi connectivity index (χ4n) is 2.43. The lowest BCUT2D eigenvalue weighted by Gasteiger charge is -2.38. The standard InChI is InChI=1S/C17H20N2O3S/c1-17(2,3)19(10-15-18-8-9-23-15)16(20)14-11-21-12-6-4-5-7-13(12)22-14/h4-9,14H,10-11H2,1-3H3/t14-/m0/s1. The van der Waals surface area contributed by atoms with Crippen LogP contribution in [-0.4, -0.2) is 34.0 Å². The molecule has 0 saturated heterocycles. The lowest BCUT2D eigenvalue weighted by atomic mass is 10.0. The predicted molar refractivity (Wildman–Crippen MR) is 88.8 cm³/mol. The molecular weight excluding hydrogens is 312 g/mol. The Morgan fingerprint density at radius 2 is 2.09 bits per heavy atom. The summed E-state index contributed by atoms with van der Waals surface area (Å²) >= 11 is 1.54. The molecule has 1 aromatic heterocycles. The van der Waals surface area contributed by atoms with Crippen LogP contribution in [0.15, 0.2) is 35.8 Å². The van der Waals surface area contributed by atoms with Gasteiger partial charge in [-0.2, -0.15) is 0 Å². The molecule has 0 N–H and O–H groups in total. The van der Waals surface area contributed by atoms with Crippen molar-refractivity contribution in [3.63, 3.8) is 0 Å². The number of aromatic nitrogens is 1. The van der Waals surface area contributed by atoms with Gasteiger partial charge in [-0.3, -0.25) is 4.79 Å². The van der Waals surface area contributed by atoms with Gasteiger partial charge in [0, 0.05) is 17.1 Å². The summed E-state index contributed by atoms with van der Waals surface area (Å²) in [7, 11) is 0. The molecule has 0 aliphatic carbocycles. The summed E-state index contributed by atoms with van der Waals surface area (Å²) in [5.41, 5.74) is -0.330. The summed E-state index contributed by atoms with van der Waals surface area (Å²) in [6.45, 7) is 6.73. The van der Waals surface area contributed by atoms with Gasteiger partial charge in [0.15, 0.2) is 11.5 Å². The second-order valence-electron chi connectivity index (χ2n) is 6.39. The van der Waals surface area contributed by atoms with E-state index in [-0.39, 0.29) is 18.1 Å². The molecule has 122 valence electrons. The van der Waals surface area contributed by atoms with Crippen molar-refractivity contribution in [2.24, 2.45) is 0 Å². The first-order valence-corrected chi connectivity index (χ1v) is 8.41. The molecular formula is C17H20N2O3S. The molecule has 0 bridgehead atoms. The first-order chi connectivity index (χ1) is 10.9. The second kappa shape index (κ2) is 6.20. The van der Waals surface area contributed by atoms with E-state index in [0.717, 1.165) is 5.01 Å². The fourth-order valence-corrected chi connectivity index (χ4v) is 3.03. The van der Waals surface area contributed by atoms with Gasteiger partial charge in [-0.25, -0.2) is 4.98 Å². The smallest absolute Gasteiger partial charge is 0.268 e. The highest BCUT2D eigenvalue weighted by atomic mass is 32.1. The van der Waals surface area contributed by atoms with Gasteiger partial charge in [0.25, 0.3) is 5.91 Å². The van der Waals surface area contributed by atoms with Crippen LogP contribution in [0.5, 0.6) is 11.5 Å². The average molecular weight is 332 g/mol. The summed E-state index contributed by atoms with van der Waals surface area (Å²) in [4.78, 5) is 19.1. The molecule has 0 unspecified atom stereocenters. The Morgan fingerprint density at radius 1 is 1.35 bits per heavy atom. The molecule has 1 aromatic carbocycles. The van der Waals surface area contributed by atoms with Gasteiger partial charge < -0.3 is 14.4 Å². The third kappa shape index (κ3) is 3.47. The lowest BCUT2D eigenvalue weighted by molar-refractivity contribution is -0.147. The highest BCUT2D eigenvalue weighted by molar-refractivity contribution is 7.09. The number of carbonyl (C=O) groups is 1. The highest BCUT2D eigenvalue weighted by Crippen LogP contribution is 2.32. The number of amides is 1. The van der Waals surface area contributed by atoms with Crippen molar-refractivity contribution in [3.8, 4) is 11.5 Å².